The third-order valence-electron chi connectivity index (χ3n) is 3.52. The van der Waals surface area contributed by atoms with Crippen LogP contribution in [0, 0.1) is 6.92 Å². The largest absolute Gasteiger partial charge is 0.389 e. The van der Waals surface area contributed by atoms with Crippen LogP contribution < -0.4 is 11.1 Å². The molecule has 0 bridgehead atoms. The van der Waals surface area contributed by atoms with E-state index in [1.807, 2.05) is 12.1 Å². The van der Waals surface area contributed by atoms with Crippen LogP contribution in [0.15, 0.2) is 18.2 Å². The second kappa shape index (κ2) is 5.67. The van der Waals surface area contributed by atoms with Crippen molar-refractivity contribution in [1.82, 2.24) is 4.90 Å². The van der Waals surface area contributed by atoms with Gasteiger partial charge in [-0.1, -0.05) is 18.3 Å². The highest BCUT2D eigenvalue weighted by Crippen LogP contribution is 2.21. The molecule has 1 aliphatic heterocycles. The number of hydrogen-bond acceptors (Lipinski definition) is 3. The average Bonchev–Trinajstić information content (AvgIpc) is 2.32. The minimum atomic E-state index is 0.463. The molecule has 18 heavy (non-hydrogen) atoms. The lowest BCUT2D eigenvalue weighted by Gasteiger charge is -2.30. The van der Waals surface area contributed by atoms with Gasteiger partial charge in [0.25, 0.3) is 0 Å². The predicted octanol–water partition coefficient (Wildman–Crippen LogP) is 2.14. The van der Waals surface area contributed by atoms with Crippen LogP contribution in [-0.4, -0.2) is 36.1 Å². The number of aryl methyl sites for hydroxylation is 1. The Morgan fingerprint density at radius 2 is 2.06 bits per heavy atom. The summed E-state index contributed by atoms with van der Waals surface area (Å²) >= 11 is 5.11. The molecule has 98 valence electrons. The lowest BCUT2D eigenvalue weighted by atomic mass is 10.0. The molecule has 0 spiro atoms. The van der Waals surface area contributed by atoms with Crippen LogP contribution in [0.2, 0.25) is 0 Å². The first-order chi connectivity index (χ1) is 8.56. The number of piperidine rings is 1. The smallest absolute Gasteiger partial charge is 0.106 e. The van der Waals surface area contributed by atoms with Gasteiger partial charge >= 0.3 is 0 Å². The number of likely N-dealkylation sites (tertiary alicyclic amines) is 1. The molecule has 0 saturated carbocycles. The molecule has 4 heteroatoms. The van der Waals surface area contributed by atoms with Crippen molar-refractivity contribution in [3.05, 3.63) is 29.3 Å². The first kappa shape index (κ1) is 13.3. The first-order valence-corrected chi connectivity index (χ1v) is 6.82. The molecule has 1 aliphatic rings. The molecular weight excluding hydrogens is 242 g/mol. The number of nitrogens with zero attached hydrogens (tertiary/aromatic N) is 1. The van der Waals surface area contributed by atoms with Gasteiger partial charge < -0.3 is 16.0 Å². The number of anilines is 1. The summed E-state index contributed by atoms with van der Waals surface area (Å²) in [6.45, 7) is 4.38. The van der Waals surface area contributed by atoms with Gasteiger partial charge in [0.1, 0.15) is 4.99 Å². The average molecular weight is 263 g/mol. The van der Waals surface area contributed by atoms with Crippen molar-refractivity contribution in [1.29, 1.82) is 0 Å². The predicted molar refractivity (Wildman–Crippen MR) is 81.2 cm³/mol. The maximum Gasteiger partial charge on any atom is 0.106 e. The summed E-state index contributed by atoms with van der Waals surface area (Å²) < 4.78 is 0. The van der Waals surface area contributed by atoms with E-state index < -0.39 is 0 Å². The molecule has 1 saturated heterocycles. The van der Waals surface area contributed by atoms with Crippen molar-refractivity contribution < 1.29 is 0 Å². The molecule has 3 N–H and O–H groups in total. The second-order valence-electron chi connectivity index (χ2n) is 5.14. The van der Waals surface area contributed by atoms with Gasteiger partial charge in [0.15, 0.2) is 0 Å². The van der Waals surface area contributed by atoms with Crippen molar-refractivity contribution in [2.24, 2.45) is 5.73 Å². The molecule has 0 unspecified atom stereocenters. The monoisotopic (exact) mass is 263 g/mol. The molecule has 1 fully saturated rings. The van der Waals surface area contributed by atoms with Crippen LogP contribution in [0.4, 0.5) is 5.69 Å². The van der Waals surface area contributed by atoms with Gasteiger partial charge in [0, 0.05) is 17.3 Å². The normalized spacial score (nSPS) is 17.7. The highest BCUT2D eigenvalue weighted by Gasteiger charge is 2.17. The van der Waals surface area contributed by atoms with E-state index in [0.29, 0.717) is 11.0 Å². The van der Waals surface area contributed by atoms with Crippen molar-refractivity contribution in [2.75, 3.05) is 25.5 Å². The van der Waals surface area contributed by atoms with E-state index in [-0.39, 0.29) is 0 Å². The van der Waals surface area contributed by atoms with Gasteiger partial charge in [0.2, 0.25) is 0 Å². The van der Waals surface area contributed by atoms with E-state index in [9.17, 15) is 0 Å². The maximum absolute atomic E-state index is 5.78. The van der Waals surface area contributed by atoms with E-state index in [4.69, 9.17) is 18.0 Å². The fourth-order valence-electron chi connectivity index (χ4n) is 2.37. The van der Waals surface area contributed by atoms with Crippen LogP contribution in [0.5, 0.6) is 0 Å². The standard InChI is InChI=1S/C14H21N3S/c1-10-3-4-12(14(15)18)13(9-10)16-11-5-7-17(2)8-6-11/h3-4,9,11,16H,5-8H2,1-2H3,(H2,15,18). The zero-order chi connectivity index (χ0) is 13.1. The molecular formula is C14H21N3S. The fourth-order valence-corrected chi connectivity index (χ4v) is 2.54. The highest BCUT2D eigenvalue weighted by molar-refractivity contribution is 7.80. The molecule has 0 radical (unpaired) electrons. The van der Waals surface area contributed by atoms with Crippen LogP contribution in [0.3, 0.4) is 0 Å². The quantitative estimate of drug-likeness (QED) is 0.820. The van der Waals surface area contributed by atoms with Crippen molar-refractivity contribution in [3.8, 4) is 0 Å². The summed E-state index contributed by atoms with van der Waals surface area (Å²) in [7, 11) is 2.17. The third kappa shape index (κ3) is 3.21. The number of nitrogens with two attached hydrogens (primary N) is 1. The van der Waals surface area contributed by atoms with Gasteiger partial charge in [-0.3, -0.25) is 0 Å². The van der Waals surface area contributed by atoms with Gasteiger partial charge in [-0.05, 0) is 57.6 Å². The Morgan fingerprint density at radius 3 is 2.67 bits per heavy atom. The number of benzene rings is 1. The van der Waals surface area contributed by atoms with Gasteiger partial charge in [0.05, 0.1) is 0 Å². The Balaban J connectivity index is 2.12. The zero-order valence-corrected chi connectivity index (χ0v) is 11.9. The summed E-state index contributed by atoms with van der Waals surface area (Å²) in [5, 5.41) is 3.60. The van der Waals surface area contributed by atoms with Gasteiger partial charge in [-0.2, -0.15) is 0 Å². The minimum Gasteiger partial charge on any atom is -0.389 e. The molecule has 1 aromatic carbocycles. The lowest BCUT2D eigenvalue weighted by molar-refractivity contribution is 0.264. The molecule has 0 aromatic heterocycles. The highest BCUT2D eigenvalue weighted by atomic mass is 32.1. The van der Waals surface area contributed by atoms with Crippen molar-refractivity contribution in [3.63, 3.8) is 0 Å². The fraction of sp³-hybridized carbons (Fsp3) is 0.500. The number of rotatable bonds is 3. The molecule has 0 amide bonds. The van der Waals surface area contributed by atoms with Crippen LogP contribution in [0.25, 0.3) is 0 Å². The third-order valence-corrected chi connectivity index (χ3v) is 3.74. The SMILES string of the molecule is Cc1ccc(C(N)=S)c(NC2CCN(C)CC2)c1. The molecule has 3 nitrogen and oxygen atoms in total. The van der Waals surface area contributed by atoms with Crippen LogP contribution in [0.1, 0.15) is 24.0 Å². The van der Waals surface area contributed by atoms with E-state index in [2.05, 4.69) is 30.3 Å². The number of thiocarbonyl (C=S) groups is 1. The molecule has 2 rings (SSSR count). The summed E-state index contributed by atoms with van der Waals surface area (Å²) in [6, 6.07) is 6.71. The lowest BCUT2D eigenvalue weighted by Crippen LogP contribution is -2.37. The van der Waals surface area contributed by atoms with Crippen LogP contribution >= 0.6 is 12.2 Å². The van der Waals surface area contributed by atoms with E-state index in [1.54, 1.807) is 0 Å². The van der Waals surface area contributed by atoms with Gasteiger partial charge in [-0.25, -0.2) is 0 Å². The molecule has 0 aliphatic carbocycles. The molecule has 1 aromatic rings. The summed E-state index contributed by atoms with van der Waals surface area (Å²) in [5.41, 5.74) is 9.04. The Labute approximate surface area is 114 Å². The first-order valence-electron chi connectivity index (χ1n) is 6.42. The van der Waals surface area contributed by atoms with E-state index in [0.717, 1.165) is 24.3 Å². The number of nitrogens with one attached hydrogen (secondary N) is 1. The Hall–Kier alpha value is -1.13. The Morgan fingerprint density at radius 1 is 1.39 bits per heavy atom. The van der Waals surface area contributed by atoms with Gasteiger partial charge in [-0.15, -0.1) is 0 Å². The molecule has 0 atom stereocenters. The number of hydrogen-bond donors (Lipinski definition) is 2. The minimum absolute atomic E-state index is 0.463. The Kier molecular flexibility index (Phi) is 4.19. The zero-order valence-electron chi connectivity index (χ0n) is 11.1. The topological polar surface area (TPSA) is 41.3 Å². The summed E-state index contributed by atoms with van der Waals surface area (Å²) in [6.07, 6.45) is 2.34. The molecule has 1 heterocycles. The van der Waals surface area contributed by atoms with Crippen molar-refractivity contribution >= 4 is 22.9 Å². The van der Waals surface area contributed by atoms with Crippen molar-refractivity contribution in [2.45, 2.75) is 25.8 Å². The Bertz CT molecular complexity index is 437. The van der Waals surface area contributed by atoms with Crippen LogP contribution in [-0.2, 0) is 0 Å². The summed E-state index contributed by atoms with van der Waals surface area (Å²) in [4.78, 5) is 2.83. The second-order valence-corrected chi connectivity index (χ2v) is 5.58. The summed E-state index contributed by atoms with van der Waals surface area (Å²) in [5.74, 6) is 0. The maximum atomic E-state index is 5.78. The van der Waals surface area contributed by atoms with E-state index >= 15 is 0 Å². The van der Waals surface area contributed by atoms with E-state index in [1.165, 1.54) is 18.4 Å².